The predicted octanol–water partition coefficient (Wildman–Crippen LogP) is 2.39. The van der Waals surface area contributed by atoms with E-state index >= 15 is 0 Å². The summed E-state index contributed by atoms with van der Waals surface area (Å²) in [5.41, 5.74) is 2.63. The van der Waals surface area contributed by atoms with E-state index in [1.807, 2.05) is 38.1 Å². The summed E-state index contributed by atoms with van der Waals surface area (Å²) in [4.78, 5) is 13.1. The molecule has 1 aliphatic heterocycles. The first kappa shape index (κ1) is 14.4. The lowest BCUT2D eigenvalue weighted by Crippen LogP contribution is -2.15. The fourth-order valence-electron chi connectivity index (χ4n) is 2.52. The molecule has 0 radical (unpaired) electrons. The normalized spacial score (nSPS) is 12.9. The van der Waals surface area contributed by atoms with Crippen LogP contribution >= 0.6 is 0 Å². The van der Waals surface area contributed by atoms with Gasteiger partial charge in [0.05, 0.1) is 0 Å². The van der Waals surface area contributed by atoms with Gasteiger partial charge >= 0.3 is 0 Å². The zero-order valence-corrected chi connectivity index (χ0v) is 13.3. The monoisotopic (exact) mass is 324 g/mol. The molecule has 3 aromatic rings. The van der Waals surface area contributed by atoms with Crippen molar-refractivity contribution in [1.29, 1.82) is 0 Å². The highest BCUT2D eigenvalue weighted by Gasteiger charge is 2.14. The average Bonchev–Trinajstić information content (AvgIpc) is 3.02. The molecule has 0 saturated heterocycles. The lowest BCUT2D eigenvalue weighted by atomic mass is 10.2. The molecule has 0 atom stereocenters. The van der Waals surface area contributed by atoms with Crippen molar-refractivity contribution in [2.75, 3.05) is 18.5 Å². The summed E-state index contributed by atoms with van der Waals surface area (Å²) in [5.74, 6) is 2.96. The fourth-order valence-corrected chi connectivity index (χ4v) is 2.52. The van der Waals surface area contributed by atoms with E-state index in [9.17, 15) is 0 Å². The molecule has 0 bridgehead atoms. The second-order valence-electron chi connectivity index (χ2n) is 5.47. The summed E-state index contributed by atoms with van der Waals surface area (Å²) in [5, 5.41) is 10.1. The SMILES string of the molecule is Cc1cc(C)nc(Nc2n[nH]c(-c3ccc4c(c3)OCCO4)n2)n1. The maximum Gasteiger partial charge on any atom is 0.249 e. The van der Waals surface area contributed by atoms with Crippen molar-refractivity contribution >= 4 is 11.9 Å². The highest BCUT2D eigenvalue weighted by molar-refractivity contribution is 5.62. The third-order valence-electron chi connectivity index (χ3n) is 3.51. The van der Waals surface area contributed by atoms with E-state index in [0.717, 1.165) is 22.7 Å². The van der Waals surface area contributed by atoms with Gasteiger partial charge in [-0.3, -0.25) is 10.4 Å². The largest absolute Gasteiger partial charge is 0.486 e. The van der Waals surface area contributed by atoms with Gasteiger partial charge in [-0.1, -0.05) is 0 Å². The Bertz CT molecular complexity index is 872. The molecule has 1 aromatic carbocycles. The number of hydrogen-bond acceptors (Lipinski definition) is 7. The minimum absolute atomic E-state index is 0.407. The molecule has 0 amide bonds. The van der Waals surface area contributed by atoms with Crippen LogP contribution in [0.5, 0.6) is 11.5 Å². The Morgan fingerprint density at radius 1 is 0.917 bits per heavy atom. The third-order valence-corrected chi connectivity index (χ3v) is 3.51. The number of H-pyrrole nitrogens is 1. The number of aryl methyl sites for hydroxylation is 2. The van der Waals surface area contributed by atoms with Crippen molar-refractivity contribution in [2.24, 2.45) is 0 Å². The number of aromatic nitrogens is 5. The van der Waals surface area contributed by atoms with Gasteiger partial charge in [-0.05, 0) is 38.1 Å². The molecular formula is C16H16N6O2. The average molecular weight is 324 g/mol. The van der Waals surface area contributed by atoms with Crippen molar-refractivity contribution in [2.45, 2.75) is 13.8 Å². The Morgan fingerprint density at radius 3 is 2.46 bits per heavy atom. The molecule has 4 rings (SSSR count). The van der Waals surface area contributed by atoms with E-state index < -0.39 is 0 Å². The Morgan fingerprint density at radius 2 is 1.67 bits per heavy atom. The number of nitrogens with zero attached hydrogens (tertiary/aromatic N) is 4. The molecule has 0 fully saturated rings. The van der Waals surface area contributed by atoms with Gasteiger partial charge in [0.15, 0.2) is 17.3 Å². The predicted molar refractivity (Wildman–Crippen MR) is 87.6 cm³/mol. The van der Waals surface area contributed by atoms with Crippen LogP contribution in [0, 0.1) is 13.8 Å². The van der Waals surface area contributed by atoms with Crippen LogP contribution in [-0.2, 0) is 0 Å². The Labute approximate surface area is 138 Å². The molecule has 122 valence electrons. The standard InChI is InChI=1S/C16H16N6O2/c1-9-7-10(2)18-15(17-9)20-16-19-14(21-22-16)11-3-4-12-13(8-11)24-6-5-23-12/h3-4,7-8H,5-6H2,1-2H3,(H2,17,18,19,20,21,22). The van der Waals surface area contributed by atoms with Crippen LogP contribution in [0.3, 0.4) is 0 Å². The number of anilines is 2. The Hall–Kier alpha value is -3.16. The van der Waals surface area contributed by atoms with Gasteiger partial charge in [-0.15, -0.1) is 5.10 Å². The van der Waals surface area contributed by atoms with Gasteiger partial charge in [-0.2, -0.15) is 4.98 Å². The molecule has 1 aliphatic rings. The quantitative estimate of drug-likeness (QED) is 0.763. The van der Waals surface area contributed by atoms with Crippen LogP contribution in [0.4, 0.5) is 11.9 Å². The highest BCUT2D eigenvalue weighted by Crippen LogP contribution is 2.33. The number of nitrogens with one attached hydrogen (secondary N) is 2. The van der Waals surface area contributed by atoms with E-state index in [1.165, 1.54) is 0 Å². The maximum atomic E-state index is 5.59. The summed E-state index contributed by atoms with van der Waals surface area (Å²) in [6.07, 6.45) is 0. The number of aromatic amines is 1. The molecule has 0 aliphatic carbocycles. The molecular weight excluding hydrogens is 308 g/mol. The van der Waals surface area contributed by atoms with Crippen molar-refractivity contribution < 1.29 is 9.47 Å². The molecule has 8 nitrogen and oxygen atoms in total. The van der Waals surface area contributed by atoms with Crippen LogP contribution in [0.25, 0.3) is 11.4 Å². The third kappa shape index (κ3) is 2.85. The number of benzene rings is 1. The summed E-state index contributed by atoms with van der Waals surface area (Å²) >= 11 is 0. The molecule has 8 heteroatoms. The molecule has 0 spiro atoms. The summed E-state index contributed by atoms with van der Waals surface area (Å²) in [6, 6.07) is 7.56. The van der Waals surface area contributed by atoms with Crippen LogP contribution in [0.1, 0.15) is 11.4 Å². The molecule has 2 N–H and O–H groups in total. The Kier molecular flexibility index (Phi) is 3.49. The number of hydrogen-bond donors (Lipinski definition) is 2. The van der Waals surface area contributed by atoms with Crippen molar-refractivity contribution in [1.82, 2.24) is 25.1 Å². The maximum absolute atomic E-state index is 5.59. The first-order valence-corrected chi connectivity index (χ1v) is 7.59. The minimum atomic E-state index is 0.407. The van der Waals surface area contributed by atoms with E-state index in [2.05, 4.69) is 30.5 Å². The lowest BCUT2D eigenvalue weighted by molar-refractivity contribution is 0.171. The smallest absolute Gasteiger partial charge is 0.249 e. The van der Waals surface area contributed by atoms with Crippen LogP contribution in [-0.4, -0.2) is 38.4 Å². The van der Waals surface area contributed by atoms with E-state index in [4.69, 9.17) is 9.47 Å². The van der Waals surface area contributed by atoms with E-state index in [-0.39, 0.29) is 0 Å². The molecule has 3 heterocycles. The van der Waals surface area contributed by atoms with Crippen LogP contribution in [0.15, 0.2) is 24.3 Å². The van der Waals surface area contributed by atoms with Gasteiger partial charge in [0.1, 0.15) is 13.2 Å². The fraction of sp³-hybridized carbons (Fsp3) is 0.250. The molecule has 2 aromatic heterocycles. The van der Waals surface area contributed by atoms with Gasteiger partial charge < -0.3 is 9.47 Å². The van der Waals surface area contributed by atoms with Crippen molar-refractivity contribution in [3.05, 3.63) is 35.7 Å². The van der Waals surface area contributed by atoms with Gasteiger partial charge in [0, 0.05) is 17.0 Å². The van der Waals surface area contributed by atoms with E-state index in [0.29, 0.717) is 36.7 Å². The van der Waals surface area contributed by atoms with Gasteiger partial charge in [-0.25, -0.2) is 9.97 Å². The summed E-state index contributed by atoms with van der Waals surface area (Å²) in [7, 11) is 0. The highest BCUT2D eigenvalue weighted by atomic mass is 16.6. The topological polar surface area (TPSA) is 97.8 Å². The lowest BCUT2D eigenvalue weighted by Gasteiger charge is -2.18. The van der Waals surface area contributed by atoms with Crippen molar-refractivity contribution in [3.8, 4) is 22.9 Å². The zero-order chi connectivity index (χ0) is 16.5. The van der Waals surface area contributed by atoms with Crippen molar-refractivity contribution in [3.63, 3.8) is 0 Å². The summed E-state index contributed by atoms with van der Waals surface area (Å²) in [6.45, 7) is 4.94. The number of ether oxygens (including phenoxy) is 2. The summed E-state index contributed by atoms with van der Waals surface area (Å²) < 4.78 is 11.1. The molecule has 0 saturated carbocycles. The van der Waals surface area contributed by atoms with Gasteiger partial charge in [0.2, 0.25) is 11.9 Å². The molecule has 0 unspecified atom stereocenters. The number of fused-ring (bicyclic) bond motifs is 1. The first-order chi connectivity index (χ1) is 11.7. The van der Waals surface area contributed by atoms with E-state index in [1.54, 1.807) is 0 Å². The van der Waals surface area contributed by atoms with Crippen LogP contribution in [0.2, 0.25) is 0 Å². The minimum Gasteiger partial charge on any atom is -0.486 e. The Balaban J connectivity index is 1.58. The second kappa shape index (κ2) is 5.80. The van der Waals surface area contributed by atoms with Gasteiger partial charge in [0.25, 0.3) is 0 Å². The zero-order valence-electron chi connectivity index (χ0n) is 13.3. The number of rotatable bonds is 3. The first-order valence-electron chi connectivity index (χ1n) is 7.59. The van der Waals surface area contributed by atoms with Crippen LogP contribution < -0.4 is 14.8 Å². The second-order valence-corrected chi connectivity index (χ2v) is 5.47. The molecule has 24 heavy (non-hydrogen) atoms.